The number of aliphatic hydroxyl groups is 1. The standard InChI is InChI=1S/C18H24N4O3/c1-3-14-17(12(2)25-21-14)18(24)20-15-6-8-22(11-16(15)23)10-13-5-4-7-19-9-13/h4-5,7,9,15-16,23H,3,6,8,10-11H2,1-2H3,(H,20,24)/t15-,16-/m0/s1. The zero-order chi connectivity index (χ0) is 17.8. The van der Waals surface area contributed by atoms with E-state index in [1.54, 1.807) is 13.1 Å². The lowest BCUT2D eigenvalue weighted by molar-refractivity contribution is 0.0349. The molecule has 0 spiro atoms. The Kier molecular flexibility index (Phi) is 5.45. The Morgan fingerprint density at radius 2 is 2.36 bits per heavy atom. The Balaban J connectivity index is 1.58. The summed E-state index contributed by atoms with van der Waals surface area (Å²) in [5, 5.41) is 17.3. The minimum Gasteiger partial charge on any atom is -0.390 e. The number of aromatic nitrogens is 2. The summed E-state index contributed by atoms with van der Waals surface area (Å²) in [6, 6.07) is 3.66. The number of nitrogens with zero attached hydrogens (tertiary/aromatic N) is 3. The van der Waals surface area contributed by atoms with E-state index < -0.39 is 6.10 Å². The molecule has 2 aromatic heterocycles. The second kappa shape index (κ2) is 7.76. The van der Waals surface area contributed by atoms with E-state index in [9.17, 15) is 9.90 Å². The van der Waals surface area contributed by atoms with Gasteiger partial charge in [-0.05, 0) is 31.4 Å². The Bertz CT molecular complexity index is 716. The van der Waals surface area contributed by atoms with Crippen LogP contribution < -0.4 is 5.32 Å². The summed E-state index contributed by atoms with van der Waals surface area (Å²) in [5.41, 5.74) is 2.26. The first-order valence-electron chi connectivity index (χ1n) is 8.63. The number of rotatable bonds is 5. The van der Waals surface area contributed by atoms with Crippen molar-refractivity contribution in [2.24, 2.45) is 0 Å². The van der Waals surface area contributed by atoms with Gasteiger partial charge in [-0.15, -0.1) is 0 Å². The van der Waals surface area contributed by atoms with Crippen LogP contribution in [-0.4, -0.2) is 51.3 Å². The summed E-state index contributed by atoms with van der Waals surface area (Å²) in [5.74, 6) is 0.290. The van der Waals surface area contributed by atoms with Gasteiger partial charge in [0.05, 0.1) is 17.8 Å². The van der Waals surface area contributed by atoms with E-state index in [0.29, 0.717) is 36.4 Å². The van der Waals surface area contributed by atoms with Crippen LogP contribution in [0, 0.1) is 6.92 Å². The molecule has 134 valence electrons. The maximum absolute atomic E-state index is 12.5. The molecule has 7 nitrogen and oxygen atoms in total. The van der Waals surface area contributed by atoms with Gasteiger partial charge >= 0.3 is 0 Å². The van der Waals surface area contributed by atoms with Crippen LogP contribution in [0.1, 0.15) is 40.7 Å². The molecule has 2 aromatic rings. The summed E-state index contributed by atoms with van der Waals surface area (Å²) in [4.78, 5) is 18.8. The predicted molar refractivity (Wildman–Crippen MR) is 92.0 cm³/mol. The molecule has 1 aliphatic rings. The van der Waals surface area contributed by atoms with E-state index in [4.69, 9.17) is 4.52 Å². The van der Waals surface area contributed by atoms with Gasteiger partial charge in [-0.2, -0.15) is 0 Å². The number of nitrogens with one attached hydrogen (secondary N) is 1. The van der Waals surface area contributed by atoms with Gasteiger partial charge in [0, 0.05) is 32.0 Å². The third-order valence-electron chi connectivity index (χ3n) is 4.61. The van der Waals surface area contributed by atoms with Gasteiger partial charge in [-0.25, -0.2) is 0 Å². The number of likely N-dealkylation sites (tertiary alicyclic amines) is 1. The number of hydrogen-bond donors (Lipinski definition) is 2. The van der Waals surface area contributed by atoms with E-state index in [1.807, 2.05) is 25.3 Å². The number of carbonyl (C=O) groups is 1. The third kappa shape index (κ3) is 4.05. The summed E-state index contributed by atoms with van der Waals surface area (Å²) in [6.07, 6.45) is 4.30. The van der Waals surface area contributed by atoms with Crippen molar-refractivity contribution in [1.29, 1.82) is 0 Å². The van der Waals surface area contributed by atoms with Crippen LogP contribution in [0.15, 0.2) is 29.0 Å². The normalized spacial score (nSPS) is 21.2. The topological polar surface area (TPSA) is 91.5 Å². The molecule has 0 saturated carbocycles. The van der Waals surface area contributed by atoms with Gasteiger partial charge in [0.25, 0.3) is 5.91 Å². The lowest BCUT2D eigenvalue weighted by Gasteiger charge is -2.36. The van der Waals surface area contributed by atoms with Gasteiger partial charge in [-0.1, -0.05) is 18.1 Å². The smallest absolute Gasteiger partial charge is 0.257 e. The Labute approximate surface area is 147 Å². The zero-order valence-corrected chi connectivity index (χ0v) is 14.6. The molecule has 7 heteroatoms. The average Bonchev–Trinajstić information content (AvgIpc) is 2.99. The fourth-order valence-corrected chi connectivity index (χ4v) is 3.25. The summed E-state index contributed by atoms with van der Waals surface area (Å²) >= 11 is 0. The van der Waals surface area contributed by atoms with E-state index in [-0.39, 0.29) is 11.9 Å². The predicted octanol–water partition coefficient (Wildman–Crippen LogP) is 1.31. The molecule has 0 aliphatic carbocycles. The maximum atomic E-state index is 12.5. The molecule has 0 radical (unpaired) electrons. The number of pyridine rings is 1. The second-order valence-electron chi connectivity index (χ2n) is 6.45. The lowest BCUT2D eigenvalue weighted by atomic mass is 10.0. The quantitative estimate of drug-likeness (QED) is 0.850. The van der Waals surface area contributed by atoms with E-state index in [2.05, 4.69) is 20.4 Å². The largest absolute Gasteiger partial charge is 0.390 e. The molecule has 0 bridgehead atoms. The lowest BCUT2D eigenvalue weighted by Crippen LogP contribution is -2.53. The Hall–Kier alpha value is -2.25. The highest BCUT2D eigenvalue weighted by atomic mass is 16.5. The fraction of sp³-hybridized carbons (Fsp3) is 0.500. The minimum atomic E-state index is -0.611. The zero-order valence-electron chi connectivity index (χ0n) is 14.6. The second-order valence-corrected chi connectivity index (χ2v) is 6.45. The molecule has 1 aliphatic heterocycles. The first kappa shape index (κ1) is 17.6. The molecule has 3 rings (SSSR count). The fourth-order valence-electron chi connectivity index (χ4n) is 3.25. The monoisotopic (exact) mass is 344 g/mol. The van der Waals surface area contributed by atoms with Crippen molar-refractivity contribution in [3.05, 3.63) is 47.1 Å². The molecular weight excluding hydrogens is 320 g/mol. The molecule has 2 N–H and O–H groups in total. The van der Waals surface area contributed by atoms with Gasteiger partial charge in [-0.3, -0.25) is 14.7 Å². The van der Waals surface area contributed by atoms with Crippen LogP contribution in [0.2, 0.25) is 0 Å². The molecule has 1 saturated heterocycles. The number of piperidine rings is 1. The number of β-amino-alcohol motifs (C(OH)–C–C–N with tert-alkyl or cyclic N) is 1. The van der Waals surface area contributed by atoms with E-state index >= 15 is 0 Å². The number of hydrogen-bond acceptors (Lipinski definition) is 6. The Morgan fingerprint density at radius 3 is 3.04 bits per heavy atom. The van der Waals surface area contributed by atoms with Crippen molar-refractivity contribution >= 4 is 5.91 Å². The third-order valence-corrected chi connectivity index (χ3v) is 4.61. The summed E-state index contributed by atoms with van der Waals surface area (Å²) in [7, 11) is 0. The highest BCUT2D eigenvalue weighted by Crippen LogP contribution is 2.17. The van der Waals surface area contributed by atoms with E-state index in [0.717, 1.165) is 18.7 Å². The summed E-state index contributed by atoms with van der Waals surface area (Å²) in [6.45, 7) is 5.73. The molecular formula is C18H24N4O3. The van der Waals surface area contributed by atoms with Crippen LogP contribution in [0.4, 0.5) is 0 Å². The highest BCUT2D eigenvalue weighted by Gasteiger charge is 2.30. The SMILES string of the molecule is CCc1noc(C)c1C(=O)N[C@H]1CCN(Cc2cccnc2)C[C@@H]1O. The Morgan fingerprint density at radius 1 is 1.52 bits per heavy atom. The molecule has 0 aromatic carbocycles. The first-order valence-corrected chi connectivity index (χ1v) is 8.63. The number of amides is 1. The van der Waals surface area contributed by atoms with Crippen molar-refractivity contribution in [3.8, 4) is 0 Å². The molecule has 0 unspecified atom stereocenters. The maximum Gasteiger partial charge on any atom is 0.257 e. The van der Waals surface area contributed by atoms with Crippen LogP contribution in [0.3, 0.4) is 0 Å². The van der Waals surface area contributed by atoms with Crippen molar-refractivity contribution in [3.63, 3.8) is 0 Å². The minimum absolute atomic E-state index is 0.222. The van der Waals surface area contributed by atoms with Gasteiger partial charge in [0.15, 0.2) is 0 Å². The van der Waals surface area contributed by atoms with Crippen LogP contribution in [-0.2, 0) is 13.0 Å². The van der Waals surface area contributed by atoms with Crippen LogP contribution in [0.5, 0.6) is 0 Å². The highest BCUT2D eigenvalue weighted by molar-refractivity contribution is 5.96. The summed E-state index contributed by atoms with van der Waals surface area (Å²) < 4.78 is 5.12. The molecule has 2 atom stereocenters. The van der Waals surface area contributed by atoms with Gasteiger partial charge in [0.2, 0.25) is 0 Å². The van der Waals surface area contributed by atoms with Crippen LogP contribution in [0.25, 0.3) is 0 Å². The molecule has 1 fully saturated rings. The molecule has 25 heavy (non-hydrogen) atoms. The molecule has 1 amide bonds. The number of carbonyl (C=O) groups excluding carboxylic acids is 1. The molecule has 3 heterocycles. The van der Waals surface area contributed by atoms with Crippen molar-refractivity contribution in [2.45, 2.75) is 45.4 Å². The van der Waals surface area contributed by atoms with Crippen molar-refractivity contribution < 1.29 is 14.4 Å². The van der Waals surface area contributed by atoms with Crippen LogP contribution >= 0.6 is 0 Å². The number of aryl methyl sites for hydroxylation is 2. The van der Waals surface area contributed by atoms with E-state index in [1.165, 1.54) is 0 Å². The average molecular weight is 344 g/mol. The number of aliphatic hydroxyl groups excluding tert-OH is 1. The van der Waals surface area contributed by atoms with Crippen molar-refractivity contribution in [1.82, 2.24) is 20.4 Å². The van der Waals surface area contributed by atoms with Crippen molar-refractivity contribution in [2.75, 3.05) is 13.1 Å². The van der Waals surface area contributed by atoms with Gasteiger partial charge < -0.3 is 14.9 Å². The first-order chi connectivity index (χ1) is 12.1. The van der Waals surface area contributed by atoms with Gasteiger partial charge in [0.1, 0.15) is 11.3 Å².